The van der Waals surface area contributed by atoms with Crippen molar-refractivity contribution in [1.29, 1.82) is 0 Å². The number of carboxylic acid groups (broad SMARTS) is 3. The summed E-state index contributed by atoms with van der Waals surface area (Å²) in [5, 5.41) is 62.4. The second-order valence-corrected chi connectivity index (χ2v) is 10.9. The van der Waals surface area contributed by atoms with Gasteiger partial charge in [-0.25, -0.2) is 19.7 Å². The monoisotopic (exact) mass is 693 g/mol. The minimum atomic E-state index is -2.74. The van der Waals surface area contributed by atoms with Crippen LogP contribution >= 0.6 is 0 Å². The van der Waals surface area contributed by atoms with Gasteiger partial charge in [-0.2, -0.15) is 0 Å². The van der Waals surface area contributed by atoms with Crippen molar-refractivity contribution in [3.63, 3.8) is 0 Å². The van der Waals surface area contributed by atoms with E-state index in [1.807, 2.05) is 62.3 Å². The number of nitrogens with zero attached hydrogens (tertiary/aromatic N) is 3. The molecule has 0 bridgehead atoms. The van der Waals surface area contributed by atoms with Crippen LogP contribution in [0.25, 0.3) is 0 Å². The van der Waals surface area contributed by atoms with Gasteiger partial charge in [-0.05, 0) is 79.0 Å². The Morgan fingerprint density at radius 2 is 0.735 bits per heavy atom. The Labute approximate surface area is 284 Å². The summed E-state index contributed by atoms with van der Waals surface area (Å²) in [6.07, 6.45) is -2.29. The van der Waals surface area contributed by atoms with Gasteiger partial charge in [0.05, 0.1) is 34.2 Å². The van der Waals surface area contributed by atoms with Crippen molar-refractivity contribution >= 4 is 17.9 Å². The Bertz CT molecular complexity index is 1490. The van der Waals surface area contributed by atoms with Gasteiger partial charge in [0.25, 0.3) is 17.6 Å². The Balaban J connectivity index is 0.000000627. The van der Waals surface area contributed by atoms with Crippen LogP contribution in [0.1, 0.15) is 63.3 Å². The number of aliphatic hydroxyl groups is 1. The molecule has 0 fully saturated rings. The number of aryl methyl sites for hydroxylation is 3. The third-order valence-corrected chi connectivity index (χ3v) is 7.66. The smallest absolute Gasteiger partial charge is 0.336 e. The van der Waals surface area contributed by atoms with E-state index >= 15 is 0 Å². The topological polar surface area (TPSA) is 259 Å². The molecule has 0 aliphatic carbocycles. The van der Waals surface area contributed by atoms with Crippen molar-refractivity contribution < 1.29 is 64.3 Å². The van der Waals surface area contributed by atoms with E-state index in [-0.39, 0.29) is 17.2 Å². The molecule has 16 heteroatoms. The first-order valence-corrected chi connectivity index (χ1v) is 14.5. The number of aliphatic carboxylic acids is 3. The molecule has 0 saturated carbocycles. The van der Waals surface area contributed by atoms with Crippen LogP contribution < -0.4 is 14.2 Å². The molecule has 0 radical (unpaired) electrons. The molecule has 3 rings (SSSR count). The molecular weight excluding hydrogens is 646 g/mol. The lowest BCUT2D eigenvalue weighted by atomic mass is 9.96. The summed E-state index contributed by atoms with van der Waals surface area (Å²) >= 11 is 0. The van der Waals surface area contributed by atoms with Crippen molar-refractivity contribution in [3.05, 3.63) is 50.5 Å². The van der Waals surface area contributed by atoms with Gasteiger partial charge in [0.2, 0.25) is 0 Å². The lowest BCUT2D eigenvalue weighted by Crippen LogP contribution is -2.42. The fraction of sp³-hybridized carbons (Fsp3) is 0.455. The number of aromatic hydroxyl groups is 3. The standard InChI is InChI=1S/3C9H13NO2.C6H8O7/c3*1-5-6(2)8(11)9(12-4)10-7(5)3;7-3(8)1-6(13,5(11)12)2-4(9)10/h3*11H,1-4H3;13H,1-2H2,(H,7,8)(H,9,10)(H,11,12). The lowest BCUT2D eigenvalue weighted by Gasteiger charge is -2.18. The van der Waals surface area contributed by atoms with Crippen LogP contribution in [0, 0.1) is 62.3 Å². The zero-order valence-corrected chi connectivity index (χ0v) is 29.8. The highest BCUT2D eigenvalue weighted by Crippen LogP contribution is 2.32. The predicted octanol–water partition coefficient (Wildman–Crippen LogP) is 3.91. The van der Waals surface area contributed by atoms with E-state index in [2.05, 4.69) is 15.0 Å². The van der Waals surface area contributed by atoms with Gasteiger partial charge in [-0.3, -0.25) is 9.59 Å². The maximum absolute atomic E-state index is 10.3. The normalized spacial score (nSPS) is 10.2. The maximum Gasteiger partial charge on any atom is 0.336 e. The molecule has 49 heavy (non-hydrogen) atoms. The van der Waals surface area contributed by atoms with E-state index in [1.54, 1.807) is 0 Å². The zero-order valence-electron chi connectivity index (χ0n) is 29.8. The molecule has 272 valence electrons. The number of hydrogen-bond acceptors (Lipinski definition) is 13. The van der Waals surface area contributed by atoms with Crippen LogP contribution in [-0.4, -0.2) is 95.5 Å². The van der Waals surface area contributed by atoms with Crippen LogP contribution in [0.4, 0.5) is 0 Å². The molecule has 0 amide bonds. The molecule has 3 heterocycles. The molecule has 0 unspecified atom stereocenters. The number of hydrogen-bond donors (Lipinski definition) is 7. The van der Waals surface area contributed by atoms with Gasteiger partial charge < -0.3 is 50.0 Å². The summed E-state index contributed by atoms with van der Waals surface area (Å²) in [4.78, 5) is 42.7. The van der Waals surface area contributed by atoms with Gasteiger partial charge in [0.15, 0.2) is 22.8 Å². The van der Waals surface area contributed by atoms with Crippen LogP contribution in [-0.2, 0) is 14.4 Å². The summed E-state index contributed by atoms with van der Waals surface area (Å²) in [6, 6.07) is 0. The van der Waals surface area contributed by atoms with E-state index in [0.29, 0.717) is 17.6 Å². The molecule has 3 aromatic rings. The van der Waals surface area contributed by atoms with Crippen molar-refractivity contribution in [3.8, 4) is 34.9 Å². The van der Waals surface area contributed by atoms with E-state index in [1.165, 1.54) is 21.3 Å². The van der Waals surface area contributed by atoms with Gasteiger partial charge in [0.1, 0.15) is 0 Å². The summed E-state index contributed by atoms with van der Waals surface area (Å²) in [7, 11) is 4.49. The number of ether oxygens (including phenoxy) is 3. The summed E-state index contributed by atoms with van der Waals surface area (Å²) < 4.78 is 14.7. The summed E-state index contributed by atoms with van der Waals surface area (Å²) in [5.74, 6) is -3.70. The van der Waals surface area contributed by atoms with Crippen molar-refractivity contribution in [1.82, 2.24) is 15.0 Å². The Hall–Kier alpha value is -5.38. The second kappa shape index (κ2) is 18.8. The number of carboxylic acids is 3. The number of pyridine rings is 3. The highest BCUT2D eigenvalue weighted by Gasteiger charge is 2.40. The van der Waals surface area contributed by atoms with Crippen molar-refractivity contribution in [2.45, 2.75) is 80.8 Å². The average Bonchev–Trinajstić information content (AvgIpc) is 3.03. The van der Waals surface area contributed by atoms with E-state index < -0.39 is 36.4 Å². The summed E-state index contributed by atoms with van der Waals surface area (Å²) in [6.45, 7) is 17.0. The number of aromatic nitrogens is 3. The Morgan fingerprint density at radius 1 is 0.510 bits per heavy atom. The fourth-order valence-corrected chi connectivity index (χ4v) is 3.84. The first-order valence-electron chi connectivity index (χ1n) is 14.5. The Morgan fingerprint density at radius 3 is 0.898 bits per heavy atom. The quantitative estimate of drug-likeness (QED) is 0.176. The third kappa shape index (κ3) is 12.0. The van der Waals surface area contributed by atoms with Crippen LogP contribution in [0.3, 0.4) is 0 Å². The first kappa shape index (κ1) is 43.6. The molecule has 7 N–H and O–H groups in total. The predicted molar refractivity (Wildman–Crippen MR) is 177 cm³/mol. The molecule has 0 saturated heterocycles. The number of methoxy groups -OCH3 is 3. The lowest BCUT2D eigenvalue weighted by molar-refractivity contribution is -0.170. The van der Waals surface area contributed by atoms with Crippen molar-refractivity contribution in [2.75, 3.05) is 21.3 Å². The molecule has 0 aliphatic heterocycles. The van der Waals surface area contributed by atoms with Gasteiger partial charge in [-0.15, -0.1) is 0 Å². The van der Waals surface area contributed by atoms with Gasteiger partial charge >= 0.3 is 17.9 Å². The number of rotatable bonds is 8. The fourth-order valence-electron chi connectivity index (χ4n) is 3.84. The minimum Gasteiger partial charge on any atom is -0.503 e. The van der Waals surface area contributed by atoms with Crippen LogP contribution in [0.5, 0.6) is 34.9 Å². The molecular formula is C33H47N3O13. The minimum absolute atomic E-state index is 0.139. The maximum atomic E-state index is 10.3. The highest BCUT2D eigenvalue weighted by atomic mass is 16.5. The largest absolute Gasteiger partial charge is 0.503 e. The zero-order chi connectivity index (χ0) is 38.5. The van der Waals surface area contributed by atoms with Gasteiger partial charge in [0, 0.05) is 33.8 Å². The number of carbonyl (C=O) groups is 3. The van der Waals surface area contributed by atoms with E-state index in [0.717, 1.165) is 50.5 Å². The van der Waals surface area contributed by atoms with Crippen molar-refractivity contribution in [2.24, 2.45) is 0 Å². The third-order valence-electron chi connectivity index (χ3n) is 7.66. The summed E-state index contributed by atoms with van der Waals surface area (Å²) in [5.41, 5.74) is 5.46. The molecule has 0 aromatic carbocycles. The highest BCUT2D eigenvalue weighted by molar-refractivity contribution is 5.88. The second-order valence-electron chi connectivity index (χ2n) is 10.9. The molecule has 0 spiro atoms. The molecule has 0 atom stereocenters. The van der Waals surface area contributed by atoms with Gasteiger partial charge in [-0.1, -0.05) is 0 Å². The van der Waals surface area contributed by atoms with Crippen LogP contribution in [0.15, 0.2) is 0 Å². The molecule has 3 aromatic heterocycles. The van der Waals surface area contributed by atoms with E-state index in [4.69, 9.17) is 34.6 Å². The van der Waals surface area contributed by atoms with Crippen LogP contribution in [0.2, 0.25) is 0 Å². The van der Waals surface area contributed by atoms with E-state index in [9.17, 15) is 29.7 Å². The molecule has 0 aliphatic rings. The average molecular weight is 694 g/mol. The SMILES string of the molecule is COc1nc(C)c(C)c(C)c1O.COc1nc(C)c(C)c(C)c1O.COc1nc(C)c(C)c(C)c1O.O=C(O)CC(O)(CC(=O)O)C(=O)O. The Kier molecular flexibility index (Phi) is 16.8. The molecule has 16 nitrogen and oxygen atoms in total. The first-order chi connectivity index (χ1) is 22.5.